The Hall–Kier alpha value is -1.20. The number of aromatic nitrogens is 2. The number of nitrogens with zero attached hydrogens (tertiary/aromatic N) is 2. The summed E-state index contributed by atoms with van der Waals surface area (Å²) < 4.78 is 5.27. The molecule has 3 rings (SSSR count). The number of hydrogen-bond acceptors (Lipinski definition) is 5. The Morgan fingerprint density at radius 1 is 1.53 bits per heavy atom. The van der Waals surface area contributed by atoms with Crippen LogP contribution in [0, 0.1) is 5.92 Å². The van der Waals surface area contributed by atoms with Crippen molar-refractivity contribution in [2.24, 2.45) is 5.92 Å². The highest BCUT2D eigenvalue weighted by atomic mass is 32.1. The van der Waals surface area contributed by atoms with E-state index in [1.54, 1.807) is 11.3 Å². The molecule has 0 aromatic carbocycles. The van der Waals surface area contributed by atoms with Crippen molar-refractivity contribution < 1.29 is 4.52 Å². The van der Waals surface area contributed by atoms with E-state index in [9.17, 15) is 0 Å². The van der Waals surface area contributed by atoms with Crippen molar-refractivity contribution in [2.45, 2.75) is 19.3 Å². The summed E-state index contributed by atoms with van der Waals surface area (Å²) in [6, 6.07) is 2.01. The number of nitrogens with one attached hydrogen (secondary N) is 1. The lowest BCUT2D eigenvalue weighted by Gasteiger charge is -2.03. The smallest absolute Gasteiger partial charge is 0.226 e. The fourth-order valence-electron chi connectivity index (χ4n) is 2.15. The molecule has 1 aliphatic heterocycles. The van der Waals surface area contributed by atoms with Gasteiger partial charge in [-0.15, -0.1) is 0 Å². The molecule has 2 aromatic heterocycles. The molecule has 90 valence electrons. The third kappa shape index (κ3) is 2.56. The van der Waals surface area contributed by atoms with Gasteiger partial charge in [-0.05, 0) is 43.3 Å². The van der Waals surface area contributed by atoms with E-state index in [1.165, 1.54) is 6.42 Å². The first-order chi connectivity index (χ1) is 8.42. The highest BCUT2D eigenvalue weighted by Crippen LogP contribution is 2.20. The first-order valence-corrected chi connectivity index (χ1v) is 6.92. The summed E-state index contributed by atoms with van der Waals surface area (Å²) >= 11 is 1.65. The largest absolute Gasteiger partial charge is 0.339 e. The van der Waals surface area contributed by atoms with Gasteiger partial charge < -0.3 is 9.84 Å². The maximum Gasteiger partial charge on any atom is 0.226 e. The minimum Gasteiger partial charge on any atom is -0.339 e. The molecule has 0 bridgehead atoms. The Kier molecular flexibility index (Phi) is 3.20. The molecule has 1 saturated heterocycles. The summed E-state index contributed by atoms with van der Waals surface area (Å²) in [4.78, 5) is 4.42. The van der Waals surface area contributed by atoms with Gasteiger partial charge in [0, 0.05) is 17.4 Å². The Balaban J connectivity index is 1.60. The molecule has 1 aliphatic rings. The zero-order valence-electron chi connectivity index (χ0n) is 9.56. The molecule has 4 nitrogen and oxygen atoms in total. The predicted molar refractivity (Wildman–Crippen MR) is 66.9 cm³/mol. The average molecular weight is 249 g/mol. The molecule has 3 heterocycles. The number of rotatable bonds is 4. The van der Waals surface area contributed by atoms with Crippen LogP contribution in [0.5, 0.6) is 0 Å². The third-order valence-electron chi connectivity index (χ3n) is 3.18. The minimum atomic E-state index is 0.714. The summed E-state index contributed by atoms with van der Waals surface area (Å²) in [5.41, 5.74) is 1.05. The Morgan fingerprint density at radius 2 is 2.53 bits per heavy atom. The lowest BCUT2D eigenvalue weighted by molar-refractivity contribution is 0.365. The molecule has 5 heteroatoms. The van der Waals surface area contributed by atoms with Crippen molar-refractivity contribution in [3.63, 3.8) is 0 Å². The summed E-state index contributed by atoms with van der Waals surface area (Å²) in [6.07, 6.45) is 3.30. The highest BCUT2D eigenvalue weighted by Gasteiger charge is 2.16. The van der Waals surface area contributed by atoms with Gasteiger partial charge in [0.2, 0.25) is 11.7 Å². The number of thiophene rings is 1. The van der Waals surface area contributed by atoms with E-state index in [0.717, 1.165) is 43.3 Å². The van der Waals surface area contributed by atoms with Gasteiger partial charge in [-0.2, -0.15) is 16.3 Å². The highest BCUT2D eigenvalue weighted by molar-refractivity contribution is 7.08. The number of aryl methyl sites for hydroxylation is 1. The fraction of sp³-hybridized carbons (Fsp3) is 0.500. The normalized spacial score (nSPS) is 19.9. The molecule has 0 amide bonds. The van der Waals surface area contributed by atoms with Crippen molar-refractivity contribution in [2.75, 3.05) is 13.1 Å². The van der Waals surface area contributed by atoms with Crippen LogP contribution in [0.3, 0.4) is 0 Å². The SMILES string of the molecule is c1cc(-c2noc(CCC3CCNC3)n2)cs1. The predicted octanol–water partition coefficient (Wildman–Crippen LogP) is 2.34. The minimum absolute atomic E-state index is 0.714. The molecule has 1 unspecified atom stereocenters. The van der Waals surface area contributed by atoms with Crippen LogP contribution in [0.2, 0.25) is 0 Å². The van der Waals surface area contributed by atoms with Gasteiger partial charge in [-0.3, -0.25) is 0 Å². The van der Waals surface area contributed by atoms with Crippen LogP contribution in [-0.4, -0.2) is 23.2 Å². The molecule has 0 spiro atoms. The summed E-state index contributed by atoms with van der Waals surface area (Å²) in [5.74, 6) is 2.25. The van der Waals surface area contributed by atoms with E-state index in [4.69, 9.17) is 4.52 Å². The summed E-state index contributed by atoms with van der Waals surface area (Å²) in [7, 11) is 0. The maximum absolute atomic E-state index is 5.27. The molecular formula is C12H15N3OS. The van der Waals surface area contributed by atoms with Crippen LogP contribution in [0.15, 0.2) is 21.3 Å². The molecule has 0 saturated carbocycles. The van der Waals surface area contributed by atoms with Crippen LogP contribution in [0.1, 0.15) is 18.7 Å². The van der Waals surface area contributed by atoms with Crippen molar-refractivity contribution in [3.05, 3.63) is 22.7 Å². The van der Waals surface area contributed by atoms with E-state index < -0.39 is 0 Å². The van der Waals surface area contributed by atoms with Crippen molar-refractivity contribution >= 4 is 11.3 Å². The average Bonchev–Trinajstić information content (AvgIpc) is 3.09. The van der Waals surface area contributed by atoms with E-state index in [1.807, 2.05) is 16.8 Å². The van der Waals surface area contributed by atoms with Gasteiger partial charge in [0.15, 0.2) is 0 Å². The van der Waals surface area contributed by atoms with E-state index in [-0.39, 0.29) is 0 Å². The van der Waals surface area contributed by atoms with E-state index in [2.05, 4.69) is 15.5 Å². The quantitative estimate of drug-likeness (QED) is 0.903. The van der Waals surface area contributed by atoms with Crippen LogP contribution in [-0.2, 0) is 6.42 Å². The molecule has 0 radical (unpaired) electrons. The third-order valence-corrected chi connectivity index (χ3v) is 3.86. The first-order valence-electron chi connectivity index (χ1n) is 5.98. The van der Waals surface area contributed by atoms with Gasteiger partial charge in [0.25, 0.3) is 0 Å². The molecule has 1 atom stereocenters. The molecule has 0 aliphatic carbocycles. The van der Waals surface area contributed by atoms with Crippen LogP contribution in [0.4, 0.5) is 0 Å². The fourth-order valence-corrected chi connectivity index (χ4v) is 2.79. The molecule has 17 heavy (non-hydrogen) atoms. The van der Waals surface area contributed by atoms with Crippen molar-refractivity contribution in [1.82, 2.24) is 15.5 Å². The van der Waals surface area contributed by atoms with Crippen LogP contribution < -0.4 is 5.32 Å². The van der Waals surface area contributed by atoms with Gasteiger partial charge in [-0.25, -0.2) is 0 Å². The second-order valence-corrected chi connectivity index (χ2v) is 5.20. The Bertz CT molecular complexity index is 460. The number of hydrogen-bond donors (Lipinski definition) is 1. The van der Waals surface area contributed by atoms with Gasteiger partial charge in [-0.1, -0.05) is 5.16 Å². The summed E-state index contributed by atoms with van der Waals surface area (Å²) in [6.45, 7) is 2.28. The lowest BCUT2D eigenvalue weighted by atomic mass is 10.0. The second kappa shape index (κ2) is 4.98. The van der Waals surface area contributed by atoms with Gasteiger partial charge >= 0.3 is 0 Å². The standard InChI is InChI=1S/C12H15N3OS/c1(9-3-5-13-7-9)2-11-14-12(15-16-11)10-4-6-17-8-10/h4,6,8-9,13H,1-3,5,7H2. The lowest BCUT2D eigenvalue weighted by Crippen LogP contribution is -2.09. The van der Waals surface area contributed by atoms with Gasteiger partial charge in [0.1, 0.15) is 0 Å². The van der Waals surface area contributed by atoms with Crippen LogP contribution >= 0.6 is 11.3 Å². The molecule has 1 N–H and O–H groups in total. The maximum atomic E-state index is 5.27. The first kappa shape index (κ1) is 10.9. The summed E-state index contributed by atoms with van der Waals surface area (Å²) in [5, 5.41) is 11.4. The van der Waals surface area contributed by atoms with Crippen molar-refractivity contribution in [3.8, 4) is 11.4 Å². The Morgan fingerprint density at radius 3 is 3.29 bits per heavy atom. The van der Waals surface area contributed by atoms with E-state index >= 15 is 0 Å². The monoisotopic (exact) mass is 249 g/mol. The topological polar surface area (TPSA) is 51.0 Å². The molecule has 1 fully saturated rings. The van der Waals surface area contributed by atoms with E-state index in [0.29, 0.717) is 5.82 Å². The van der Waals surface area contributed by atoms with Crippen LogP contribution in [0.25, 0.3) is 11.4 Å². The molecule has 2 aromatic rings. The molecular weight excluding hydrogens is 234 g/mol. The zero-order valence-corrected chi connectivity index (χ0v) is 10.4. The van der Waals surface area contributed by atoms with Crippen molar-refractivity contribution in [1.29, 1.82) is 0 Å². The van der Waals surface area contributed by atoms with Gasteiger partial charge in [0.05, 0.1) is 0 Å². The zero-order chi connectivity index (χ0) is 11.5. The second-order valence-electron chi connectivity index (χ2n) is 4.42. The Labute approximate surface area is 104 Å².